The summed E-state index contributed by atoms with van der Waals surface area (Å²) in [4.78, 5) is 4.63. The fraction of sp³-hybridized carbons (Fsp3) is 0.450. The summed E-state index contributed by atoms with van der Waals surface area (Å²) < 4.78 is 10.9. The van der Waals surface area contributed by atoms with Gasteiger partial charge in [-0.15, -0.1) is 24.0 Å². The van der Waals surface area contributed by atoms with Gasteiger partial charge in [0.15, 0.2) is 5.96 Å². The Kier molecular flexibility index (Phi) is 13.1. The number of ether oxygens (including phenoxy) is 2. The molecule has 0 fully saturated rings. The minimum Gasteiger partial charge on any atom is -0.379 e. The summed E-state index contributed by atoms with van der Waals surface area (Å²) in [6.07, 6.45) is 0. The van der Waals surface area contributed by atoms with Crippen molar-refractivity contribution in [2.75, 3.05) is 26.4 Å². The zero-order chi connectivity index (χ0) is 18.5. The topological polar surface area (TPSA) is 54.9 Å². The molecular weight excluding hydrogens is 473 g/mol. The Morgan fingerprint density at radius 2 is 1.85 bits per heavy atom. The van der Waals surface area contributed by atoms with Gasteiger partial charge in [0.2, 0.25) is 0 Å². The first kappa shape index (κ1) is 23.9. The minimum atomic E-state index is 0. The van der Waals surface area contributed by atoms with Gasteiger partial charge in [-0.2, -0.15) is 11.3 Å². The van der Waals surface area contributed by atoms with Crippen molar-refractivity contribution in [3.05, 3.63) is 57.8 Å². The third-order valence-corrected chi connectivity index (χ3v) is 4.37. The Hall–Kier alpha value is -1.16. The van der Waals surface area contributed by atoms with Crippen LogP contribution in [0.4, 0.5) is 0 Å². The number of benzene rings is 1. The molecule has 27 heavy (non-hydrogen) atoms. The molecular formula is C20H30IN3O2S. The number of nitrogens with one attached hydrogen (secondary N) is 2. The summed E-state index contributed by atoms with van der Waals surface area (Å²) in [7, 11) is 0. The van der Waals surface area contributed by atoms with Crippen molar-refractivity contribution >= 4 is 41.3 Å². The maximum absolute atomic E-state index is 5.64. The molecule has 2 rings (SSSR count). The van der Waals surface area contributed by atoms with E-state index in [2.05, 4.69) is 63.6 Å². The van der Waals surface area contributed by atoms with Gasteiger partial charge in [0.05, 0.1) is 26.4 Å². The smallest absolute Gasteiger partial charge is 0.191 e. The number of guanidine groups is 1. The van der Waals surface area contributed by atoms with Crippen molar-refractivity contribution in [3.8, 4) is 0 Å². The molecule has 2 aromatic rings. The Morgan fingerprint density at radius 1 is 1.04 bits per heavy atom. The third-order valence-electron chi connectivity index (χ3n) is 3.64. The van der Waals surface area contributed by atoms with Gasteiger partial charge >= 0.3 is 0 Å². The molecule has 0 aliphatic heterocycles. The summed E-state index contributed by atoms with van der Waals surface area (Å²) in [5.74, 6) is 0.831. The first-order valence-electron chi connectivity index (χ1n) is 9.08. The molecule has 0 bridgehead atoms. The lowest BCUT2D eigenvalue weighted by Crippen LogP contribution is -2.36. The number of rotatable bonds is 11. The lowest BCUT2D eigenvalue weighted by atomic mass is 10.1. The van der Waals surface area contributed by atoms with Crippen LogP contribution in [0, 0.1) is 0 Å². The van der Waals surface area contributed by atoms with Gasteiger partial charge in [-0.3, -0.25) is 0 Å². The molecule has 0 radical (unpaired) electrons. The van der Waals surface area contributed by atoms with E-state index in [9.17, 15) is 0 Å². The molecule has 2 N–H and O–H groups in total. The van der Waals surface area contributed by atoms with Crippen LogP contribution in [0.5, 0.6) is 0 Å². The van der Waals surface area contributed by atoms with Gasteiger partial charge in [0.1, 0.15) is 0 Å². The molecule has 0 aliphatic carbocycles. The largest absolute Gasteiger partial charge is 0.379 e. The van der Waals surface area contributed by atoms with Gasteiger partial charge in [-0.25, -0.2) is 4.99 Å². The van der Waals surface area contributed by atoms with Crippen molar-refractivity contribution < 1.29 is 9.47 Å². The van der Waals surface area contributed by atoms with E-state index in [1.165, 1.54) is 16.7 Å². The van der Waals surface area contributed by atoms with Crippen LogP contribution < -0.4 is 10.6 Å². The van der Waals surface area contributed by atoms with E-state index in [1.54, 1.807) is 11.3 Å². The number of aliphatic imine (C=N–C) groups is 1. The lowest BCUT2D eigenvalue weighted by molar-refractivity contribution is 0.0453. The normalized spacial score (nSPS) is 11.1. The van der Waals surface area contributed by atoms with Crippen LogP contribution in [0.15, 0.2) is 46.1 Å². The van der Waals surface area contributed by atoms with Crippen LogP contribution in [0.2, 0.25) is 0 Å². The molecule has 5 nitrogen and oxygen atoms in total. The van der Waals surface area contributed by atoms with Crippen LogP contribution in [0.1, 0.15) is 30.5 Å². The van der Waals surface area contributed by atoms with Gasteiger partial charge < -0.3 is 20.1 Å². The third kappa shape index (κ3) is 10.1. The number of thiophene rings is 1. The van der Waals surface area contributed by atoms with E-state index in [4.69, 9.17) is 9.47 Å². The molecule has 1 heterocycles. The summed E-state index contributed by atoms with van der Waals surface area (Å²) >= 11 is 1.70. The summed E-state index contributed by atoms with van der Waals surface area (Å²) in [5, 5.41) is 10.9. The van der Waals surface area contributed by atoms with Crippen molar-refractivity contribution in [1.29, 1.82) is 0 Å². The molecule has 0 unspecified atom stereocenters. The monoisotopic (exact) mass is 503 g/mol. The Bertz CT molecular complexity index is 650. The Balaban J connectivity index is 0.00000364. The highest BCUT2D eigenvalue weighted by molar-refractivity contribution is 14.0. The van der Waals surface area contributed by atoms with Crippen LogP contribution >= 0.6 is 35.3 Å². The van der Waals surface area contributed by atoms with E-state index in [1.807, 2.05) is 6.92 Å². The SMILES string of the molecule is CCNC(=NCc1ccsc1)NCc1cccc(COCCOCC)c1.I. The second-order valence-electron chi connectivity index (χ2n) is 5.75. The zero-order valence-electron chi connectivity index (χ0n) is 16.1. The Labute approximate surface area is 183 Å². The molecule has 0 spiro atoms. The fourth-order valence-corrected chi connectivity index (χ4v) is 3.02. The quantitative estimate of drug-likeness (QED) is 0.209. The fourth-order valence-electron chi connectivity index (χ4n) is 2.36. The lowest BCUT2D eigenvalue weighted by Gasteiger charge is -2.12. The van der Waals surface area contributed by atoms with Crippen LogP contribution in [0.3, 0.4) is 0 Å². The maximum atomic E-state index is 5.64. The number of hydrogen-bond donors (Lipinski definition) is 2. The standard InChI is InChI=1S/C20H29N3O2S.HI/c1-3-21-20(23-14-19-8-11-26-16-19)22-13-17-6-5-7-18(12-17)15-25-10-9-24-4-2;/h5-8,11-12,16H,3-4,9-10,13-15H2,1-2H3,(H2,21,22,23);1H. The molecule has 1 aromatic carbocycles. The molecule has 7 heteroatoms. The second-order valence-corrected chi connectivity index (χ2v) is 6.53. The summed E-state index contributed by atoms with van der Waals surface area (Å²) in [6, 6.07) is 10.5. The molecule has 150 valence electrons. The van der Waals surface area contributed by atoms with Crippen molar-refractivity contribution in [3.63, 3.8) is 0 Å². The highest BCUT2D eigenvalue weighted by atomic mass is 127. The van der Waals surface area contributed by atoms with Crippen LogP contribution in [0.25, 0.3) is 0 Å². The number of nitrogens with zero attached hydrogens (tertiary/aromatic N) is 1. The van der Waals surface area contributed by atoms with Crippen LogP contribution in [-0.2, 0) is 29.2 Å². The first-order valence-corrected chi connectivity index (χ1v) is 10.0. The second kappa shape index (κ2) is 14.8. The summed E-state index contributed by atoms with van der Waals surface area (Å²) in [6.45, 7) is 8.90. The summed E-state index contributed by atoms with van der Waals surface area (Å²) in [5.41, 5.74) is 3.61. The first-order chi connectivity index (χ1) is 12.8. The van der Waals surface area contributed by atoms with Crippen molar-refractivity contribution in [1.82, 2.24) is 10.6 Å². The minimum absolute atomic E-state index is 0. The predicted octanol–water partition coefficient (Wildman–Crippen LogP) is 4.17. The van der Waals surface area contributed by atoms with Gasteiger partial charge in [-0.05, 0) is 47.4 Å². The molecule has 0 amide bonds. The molecule has 0 aliphatic rings. The molecule has 0 saturated carbocycles. The van der Waals surface area contributed by atoms with E-state index < -0.39 is 0 Å². The van der Waals surface area contributed by atoms with E-state index >= 15 is 0 Å². The van der Waals surface area contributed by atoms with Gasteiger partial charge in [0.25, 0.3) is 0 Å². The Morgan fingerprint density at radius 3 is 2.59 bits per heavy atom. The molecule has 0 atom stereocenters. The van der Waals surface area contributed by atoms with Crippen LogP contribution in [-0.4, -0.2) is 32.3 Å². The predicted molar refractivity (Wildman–Crippen MR) is 124 cm³/mol. The molecule has 1 aromatic heterocycles. The van der Waals surface area contributed by atoms with Gasteiger partial charge in [0, 0.05) is 19.7 Å². The number of hydrogen-bond acceptors (Lipinski definition) is 4. The van der Waals surface area contributed by atoms with Crippen molar-refractivity contribution in [2.45, 2.75) is 33.5 Å². The zero-order valence-corrected chi connectivity index (χ0v) is 19.2. The average molecular weight is 503 g/mol. The van der Waals surface area contributed by atoms with Crippen molar-refractivity contribution in [2.24, 2.45) is 4.99 Å². The highest BCUT2D eigenvalue weighted by Crippen LogP contribution is 2.08. The maximum Gasteiger partial charge on any atom is 0.191 e. The van der Waals surface area contributed by atoms with E-state index in [-0.39, 0.29) is 24.0 Å². The molecule has 0 saturated heterocycles. The highest BCUT2D eigenvalue weighted by Gasteiger charge is 2.01. The average Bonchev–Trinajstić information content (AvgIpc) is 3.18. The number of halogens is 1. The van der Waals surface area contributed by atoms with Gasteiger partial charge in [-0.1, -0.05) is 24.3 Å². The van der Waals surface area contributed by atoms with E-state index in [0.29, 0.717) is 26.4 Å². The van der Waals surface area contributed by atoms with E-state index in [0.717, 1.165) is 25.7 Å².